The number of rotatable bonds is 3. The average Bonchev–Trinajstić information content (AvgIpc) is 2.93. The van der Waals surface area contributed by atoms with Gasteiger partial charge in [-0.15, -0.1) is 11.3 Å². The van der Waals surface area contributed by atoms with E-state index in [4.69, 9.17) is 0 Å². The van der Waals surface area contributed by atoms with E-state index in [0.717, 1.165) is 14.3 Å². The number of carbonyl (C=O) groups excluding carboxylic acids is 1. The van der Waals surface area contributed by atoms with Gasteiger partial charge < -0.3 is 4.90 Å². The van der Waals surface area contributed by atoms with Crippen molar-refractivity contribution in [3.05, 3.63) is 54.6 Å². The van der Waals surface area contributed by atoms with Crippen molar-refractivity contribution in [3.8, 4) is 0 Å². The van der Waals surface area contributed by atoms with Crippen molar-refractivity contribution in [1.29, 1.82) is 0 Å². The Labute approximate surface area is 170 Å². The second-order valence-corrected chi connectivity index (χ2v) is 9.22. The van der Waals surface area contributed by atoms with Crippen LogP contribution in [0.1, 0.15) is 20.8 Å². The molecule has 0 unspecified atom stereocenters. The minimum atomic E-state index is -4.33. The molecule has 3 rings (SSSR count). The summed E-state index contributed by atoms with van der Waals surface area (Å²) in [5.41, 5.74) is 0.00313. The Morgan fingerprint density at radius 3 is 2.38 bits per heavy atom. The van der Waals surface area contributed by atoms with Crippen LogP contribution in [0, 0.1) is 0 Å². The number of halogens is 5. The summed E-state index contributed by atoms with van der Waals surface area (Å²) < 4.78 is 40.2. The predicted molar refractivity (Wildman–Crippen MR) is 102 cm³/mol. The van der Waals surface area contributed by atoms with E-state index >= 15 is 0 Å². The minimum absolute atomic E-state index is 0.0138. The molecule has 26 heavy (non-hydrogen) atoms. The van der Waals surface area contributed by atoms with Crippen LogP contribution in [0.4, 0.5) is 13.2 Å². The zero-order valence-electron chi connectivity index (χ0n) is 13.5. The Bertz CT molecular complexity index is 782. The van der Waals surface area contributed by atoms with Crippen molar-refractivity contribution in [2.24, 2.45) is 0 Å². The molecule has 0 spiro atoms. The van der Waals surface area contributed by atoms with Gasteiger partial charge in [0.15, 0.2) is 0 Å². The van der Waals surface area contributed by atoms with Gasteiger partial charge in [-0.05, 0) is 49.6 Å². The van der Waals surface area contributed by atoms with Crippen LogP contribution < -0.4 is 0 Å². The van der Waals surface area contributed by atoms with Crippen LogP contribution in [0.25, 0.3) is 0 Å². The fraction of sp³-hybridized carbons (Fsp3) is 0.353. The number of amides is 1. The molecule has 1 saturated heterocycles. The van der Waals surface area contributed by atoms with E-state index in [0.29, 0.717) is 43.2 Å². The number of alkyl halides is 3. The van der Waals surface area contributed by atoms with Crippen LogP contribution >= 0.6 is 43.2 Å². The fourth-order valence-corrected chi connectivity index (χ4v) is 4.82. The second-order valence-electron chi connectivity index (χ2n) is 6.00. The molecule has 0 bridgehead atoms. The maximum atomic E-state index is 12.8. The van der Waals surface area contributed by atoms with Crippen LogP contribution in [-0.2, 0) is 12.7 Å². The zero-order valence-corrected chi connectivity index (χ0v) is 17.5. The summed E-state index contributed by atoms with van der Waals surface area (Å²) in [6.07, 6.45) is -4.33. The molecule has 0 N–H and O–H groups in total. The maximum Gasteiger partial charge on any atom is 0.416 e. The number of nitrogens with zero attached hydrogens (tertiary/aromatic N) is 2. The first-order valence-electron chi connectivity index (χ1n) is 7.86. The molecule has 0 radical (unpaired) electrons. The van der Waals surface area contributed by atoms with Gasteiger partial charge >= 0.3 is 6.18 Å². The Morgan fingerprint density at radius 2 is 1.81 bits per heavy atom. The highest BCUT2D eigenvalue weighted by Gasteiger charge is 2.30. The number of benzene rings is 1. The van der Waals surface area contributed by atoms with Crippen LogP contribution in [0.3, 0.4) is 0 Å². The van der Waals surface area contributed by atoms with Crippen molar-refractivity contribution >= 4 is 49.1 Å². The lowest BCUT2D eigenvalue weighted by atomic mass is 10.1. The fourth-order valence-electron chi connectivity index (χ4n) is 2.82. The predicted octanol–water partition coefficient (Wildman–Crippen LogP) is 5.25. The van der Waals surface area contributed by atoms with E-state index < -0.39 is 11.7 Å². The summed E-state index contributed by atoms with van der Waals surface area (Å²) in [6.45, 7) is 2.84. The zero-order chi connectivity index (χ0) is 18.9. The molecule has 9 heteroatoms. The topological polar surface area (TPSA) is 23.6 Å². The van der Waals surface area contributed by atoms with Gasteiger partial charge in [-0.1, -0.05) is 18.2 Å². The van der Waals surface area contributed by atoms with Gasteiger partial charge in [-0.2, -0.15) is 13.2 Å². The number of piperazine rings is 1. The van der Waals surface area contributed by atoms with Crippen LogP contribution in [0.15, 0.2) is 38.6 Å². The molecule has 1 amide bonds. The lowest BCUT2D eigenvalue weighted by Crippen LogP contribution is -2.48. The molecule has 0 atom stereocenters. The highest BCUT2D eigenvalue weighted by molar-refractivity contribution is 9.13. The Balaban J connectivity index is 1.58. The van der Waals surface area contributed by atoms with E-state index in [2.05, 4.69) is 36.8 Å². The van der Waals surface area contributed by atoms with Crippen LogP contribution in [-0.4, -0.2) is 41.9 Å². The molecular formula is C17H15Br2F3N2OS. The first-order valence-corrected chi connectivity index (χ1v) is 10.3. The molecule has 1 aliphatic heterocycles. The van der Waals surface area contributed by atoms with Gasteiger partial charge in [0.05, 0.1) is 14.2 Å². The highest BCUT2D eigenvalue weighted by atomic mass is 79.9. The smallest absolute Gasteiger partial charge is 0.335 e. The third kappa shape index (κ3) is 4.68. The average molecular weight is 512 g/mol. The summed E-state index contributed by atoms with van der Waals surface area (Å²) in [7, 11) is 0. The molecule has 0 saturated carbocycles. The molecule has 1 aliphatic rings. The van der Waals surface area contributed by atoms with E-state index in [1.165, 1.54) is 23.5 Å². The van der Waals surface area contributed by atoms with Crippen LogP contribution in [0.5, 0.6) is 0 Å². The number of carbonyl (C=O) groups is 1. The van der Waals surface area contributed by atoms with Crippen molar-refractivity contribution < 1.29 is 18.0 Å². The van der Waals surface area contributed by atoms with Gasteiger partial charge in [-0.25, -0.2) is 0 Å². The first kappa shape index (κ1) is 19.9. The lowest BCUT2D eigenvalue weighted by Gasteiger charge is -2.34. The number of thiophene rings is 1. The maximum absolute atomic E-state index is 12.8. The Hall–Kier alpha value is -0.900. The normalized spacial score (nSPS) is 16.1. The minimum Gasteiger partial charge on any atom is -0.335 e. The Kier molecular flexibility index (Phi) is 6.11. The van der Waals surface area contributed by atoms with Gasteiger partial charge in [0, 0.05) is 37.2 Å². The highest BCUT2D eigenvalue weighted by Crippen LogP contribution is 2.33. The van der Waals surface area contributed by atoms with E-state index in [1.807, 2.05) is 0 Å². The van der Waals surface area contributed by atoms with Gasteiger partial charge in [-0.3, -0.25) is 9.69 Å². The molecule has 2 heterocycles. The molecule has 1 aromatic heterocycles. The number of hydrogen-bond acceptors (Lipinski definition) is 3. The first-order chi connectivity index (χ1) is 12.2. The SMILES string of the molecule is O=C(c1cc(Br)c(Br)s1)N1CCN(Cc2cccc(C(F)(F)F)c2)CC1. The molecule has 1 aromatic carbocycles. The third-order valence-electron chi connectivity index (χ3n) is 4.18. The van der Waals surface area contributed by atoms with E-state index in [1.54, 1.807) is 17.0 Å². The largest absolute Gasteiger partial charge is 0.416 e. The van der Waals surface area contributed by atoms with E-state index in [9.17, 15) is 18.0 Å². The number of hydrogen-bond donors (Lipinski definition) is 0. The van der Waals surface area contributed by atoms with Crippen molar-refractivity contribution in [1.82, 2.24) is 9.80 Å². The van der Waals surface area contributed by atoms with Crippen LogP contribution in [0.2, 0.25) is 0 Å². The van der Waals surface area contributed by atoms with E-state index in [-0.39, 0.29) is 5.91 Å². The molecule has 0 aliphatic carbocycles. The lowest BCUT2D eigenvalue weighted by molar-refractivity contribution is -0.137. The molecule has 140 valence electrons. The van der Waals surface area contributed by atoms with Gasteiger partial charge in [0.2, 0.25) is 0 Å². The van der Waals surface area contributed by atoms with Crippen molar-refractivity contribution in [2.45, 2.75) is 12.7 Å². The summed E-state index contributed by atoms with van der Waals surface area (Å²) in [4.78, 5) is 17.1. The summed E-state index contributed by atoms with van der Waals surface area (Å²) >= 11 is 8.15. The quantitative estimate of drug-likeness (QED) is 0.562. The Morgan fingerprint density at radius 1 is 1.12 bits per heavy atom. The molecule has 2 aromatic rings. The third-order valence-corrected chi connectivity index (χ3v) is 7.42. The van der Waals surface area contributed by atoms with Crippen molar-refractivity contribution in [2.75, 3.05) is 26.2 Å². The summed E-state index contributed by atoms with van der Waals surface area (Å²) in [6, 6.07) is 7.21. The standard InChI is InChI=1S/C17H15Br2F3N2OS/c18-13-9-14(26-15(13)19)16(25)24-6-4-23(5-7-24)10-11-2-1-3-12(8-11)17(20,21)22/h1-3,8-9H,4-7,10H2. The molecular weight excluding hydrogens is 497 g/mol. The second kappa shape index (κ2) is 8.00. The monoisotopic (exact) mass is 510 g/mol. The van der Waals surface area contributed by atoms with Gasteiger partial charge in [0.1, 0.15) is 0 Å². The summed E-state index contributed by atoms with van der Waals surface area (Å²) in [5.74, 6) is -0.0138. The van der Waals surface area contributed by atoms with Crippen molar-refractivity contribution in [3.63, 3.8) is 0 Å². The molecule has 1 fully saturated rings. The summed E-state index contributed by atoms with van der Waals surface area (Å²) in [5, 5.41) is 0. The molecule has 3 nitrogen and oxygen atoms in total. The van der Waals surface area contributed by atoms with Gasteiger partial charge in [0.25, 0.3) is 5.91 Å².